The van der Waals surface area contributed by atoms with Crippen LogP contribution in [0, 0.1) is 19.8 Å². The highest BCUT2D eigenvalue weighted by atomic mass is 16.3. The van der Waals surface area contributed by atoms with Crippen LogP contribution in [0.15, 0.2) is 27.8 Å². The fraction of sp³-hybridized carbons (Fsp3) is 0.500. The SMILES string of the molecule is Cc1nc(=O)[nH]c(C)c1CCC(=O)N1CCCC(CNC(=O)c2ccoc2)C1. The number of nitrogens with one attached hydrogen (secondary N) is 2. The number of carbonyl (C=O) groups is 2. The van der Waals surface area contributed by atoms with Gasteiger partial charge in [0.15, 0.2) is 0 Å². The molecule has 0 bridgehead atoms. The van der Waals surface area contributed by atoms with Crippen molar-refractivity contribution in [3.8, 4) is 0 Å². The molecule has 28 heavy (non-hydrogen) atoms. The normalized spacial score (nSPS) is 16.8. The second-order valence-electron chi connectivity index (χ2n) is 7.30. The van der Waals surface area contributed by atoms with Crippen molar-refractivity contribution in [1.29, 1.82) is 0 Å². The van der Waals surface area contributed by atoms with Crippen molar-refractivity contribution in [2.24, 2.45) is 5.92 Å². The number of aromatic nitrogens is 2. The monoisotopic (exact) mass is 386 g/mol. The van der Waals surface area contributed by atoms with E-state index < -0.39 is 0 Å². The van der Waals surface area contributed by atoms with Gasteiger partial charge in [0.25, 0.3) is 5.91 Å². The molecule has 1 unspecified atom stereocenters. The van der Waals surface area contributed by atoms with E-state index in [1.165, 1.54) is 12.5 Å². The lowest BCUT2D eigenvalue weighted by atomic mass is 9.97. The molecule has 0 spiro atoms. The summed E-state index contributed by atoms with van der Waals surface area (Å²) in [5.41, 5.74) is 2.51. The highest BCUT2D eigenvalue weighted by Gasteiger charge is 2.24. The van der Waals surface area contributed by atoms with Gasteiger partial charge in [-0.3, -0.25) is 9.59 Å². The average Bonchev–Trinajstić information content (AvgIpc) is 3.20. The van der Waals surface area contributed by atoms with E-state index in [9.17, 15) is 14.4 Å². The van der Waals surface area contributed by atoms with Crippen LogP contribution in [0.3, 0.4) is 0 Å². The molecule has 0 saturated carbocycles. The molecule has 8 heteroatoms. The number of furan rings is 1. The number of aryl methyl sites for hydroxylation is 2. The summed E-state index contributed by atoms with van der Waals surface area (Å²) in [6, 6.07) is 1.63. The highest BCUT2D eigenvalue weighted by Crippen LogP contribution is 2.18. The van der Waals surface area contributed by atoms with Crippen molar-refractivity contribution < 1.29 is 14.0 Å². The number of amides is 2. The standard InChI is InChI=1S/C20H26N4O4/c1-13-17(14(2)23-20(27)22-13)5-6-18(25)24-8-3-4-15(11-24)10-21-19(26)16-7-9-28-12-16/h7,9,12,15H,3-6,8,10-11H2,1-2H3,(H,21,26)(H,22,23,27). The molecular weight excluding hydrogens is 360 g/mol. The van der Waals surface area contributed by atoms with Gasteiger partial charge in [-0.1, -0.05) is 0 Å². The summed E-state index contributed by atoms with van der Waals surface area (Å²) in [5.74, 6) is 0.177. The molecular formula is C20H26N4O4. The summed E-state index contributed by atoms with van der Waals surface area (Å²) < 4.78 is 4.92. The van der Waals surface area contributed by atoms with Crippen molar-refractivity contribution in [3.05, 3.63) is 51.6 Å². The molecule has 2 amide bonds. The Labute approximate surface area is 163 Å². The summed E-state index contributed by atoms with van der Waals surface area (Å²) in [7, 11) is 0. The lowest BCUT2D eigenvalue weighted by Crippen LogP contribution is -2.43. The van der Waals surface area contributed by atoms with Crippen molar-refractivity contribution in [2.45, 2.75) is 39.5 Å². The number of aromatic amines is 1. The van der Waals surface area contributed by atoms with Gasteiger partial charge in [-0.2, -0.15) is 4.98 Å². The third-order valence-corrected chi connectivity index (χ3v) is 5.25. The minimum atomic E-state index is -0.360. The molecule has 3 rings (SSSR count). The first-order valence-corrected chi connectivity index (χ1v) is 9.58. The maximum Gasteiger partial charge on any atom is 0.345 e. The van der Waals surface area contributed by atoms with E-state index in [2.05, 4.69) is 15.3 Å². The predicted octanol–water partition coefficient (Wildman–Crippen LogP) is 1.58. The number of carbonyl (C=O) groups excluding carboxylic acids is 2. The third-order valence-electron chi connectivity index (χ3n) is 5.25. The largest absolute Gasteiger partial charge is 0.472 e. The zero-order valence-electron chi connectivity index (χ0n) is 16.3. The molecule has 1 aliphatic rings. The maximum atomic E-state index is 12.7. The summed E-state index contributed by atoms with van der Waals surface area (Å²) in [6.07, 6.45) is 5.73. The van der Waals surface area contributed by atoms with Crippen LogP contribution in [0.25, 0.3) is 0 Å². The van der Waals surface area contributed by atoms with Gasteiger partial charge in [-0.25, -0.2) is 4.79 Å². The highest BCUT2D eigenvalue weighted by molar-refractivity contribution is 5.93. The van der Waals surface area contributed by atoms with E-state index in [-0.39, 0.29) is 23.4 Å². The Hall–Kier alpha value is -2.90. The number of hydrogen-bond donors (Lipinski definition) is 2. The summed E-state index contributed by atoms with van der Waals surface area (Å²) in [5, 5.41) is 2.91. The van der Waals surface area contributed by atoms with Crippen LogP contribution in [-0.4, -0.2) is 46.3 Å². The number of hydrogen-bond acceptors (Lipinski definition) is 5. The Morgan fingerprint density at radius 2 is 2.21 bits per heavy atom. The number of rotatable bonds is 6. The molecule has 1 saturated heterocycles. The van der Waals surface area contributed by atoms with E-state index in [1.807, 2.05) is 11.8 Å². The van der Waals surface area contributed by atoms with E-state index in [1.54, 1.807) is 13.0 Å². The van der Waals surface area contributed by atoms with Gasteiger partial charge in [0.1, 0.15) is 6.26 Å². The first-order valence-electron chi connectivity index (χ1n) is 9.58. The summed E-state index contributed by atoms with van der Waals surface area (Å²) >= 11 is 0. The average molecular weight is 386 g/mol. The molecule has 0 radical (unpaired) electrons. The molecule has 0 aromatic carbocycles. The molecule has 150 valence electrons. The molecule has 2 aromatic rings. The Balaban J connectivity index is 1.50. The van der Waals surface area contributed by atoms with Crippen LogP contribution in [0.2, 0.25) is 0 Å². The minimum absolute atomic E-state index is 0.0934. The predicted molar refractivity (Wildman–Crippen MR) is 103 cm³/mol. The number of nitrogens with zero attached hydrogens (tertiary/aromatic N) is 2. The van der Waals surface area contributed by atoms with Crippen LogP contribution in [0.5, 0.6) is 0 Å². The van der Waals surface area contributed by atoms with Crippen molar-refractivity contribution in [1.82, 2.24) is 20.2 Å². The lowest BCUT2D eigenvalue weighted by molar-refractivity contribution is -0.132. The van der Waals surface area contributed by atoms with Crippen LogP contribution >= 0.6 is 0 Å². The van der Waals surface area contributed by atoms with E-state index in [4.69, 9.17) is 4.42 Å². The minimum Gasteiger partial charge on any atom is -0.472 e. The fourth-order valence-corrected chi connectivity index (χ4v) is 3.70. The van der Waals surface area contributed by atoms with Crippen LogP contribution in [0.4, 0.5) is 0 Å². The van der Waals surface area contributed by atoms with Crippen molar-refractivity contribution in [2.75, 3.05) is 19.6 Å². The molecule has 1 atom stereocenters. The molecule has 2 aromatic heterocycles. The second-order valence-corrected chi connectivity index (χ2v) is 7.30. The number of piperidine rings is 1. The topological polar surface area (TPSA) is 108 Å². The first kappa shape index (κ1) is 19.9. The molecule has 3 heterocycles. The van der Waals surface area contributed by atoms with Crippen LogP contribution in [-0.2, 0) is 11.2 Å². The Kier molecular flexibility index (Phi) is 6.28. The summed E-state index contributed by atoms with van der Waals surface area (Å²) in [4.78, 5) is 44.6. The maximum absolute atomic E-state index is 12.7. The summed E-state index contributed by atoms with van der Waals surface area (Å²) in [6.45, 7) is 5.55. The van der Waals surface area contributed by atoms with E-state index >= 15 is 0 Å². The number of H-pyrrole nitrogens is 1. The van der Waals surface area contributed by atoms with Gasteiger partial charge >= 0.3 is 5.69 Å². The molecule has 1 fully saturated rings. The van der Waals surface area contributed by atoms with Crippen molar-refractivity contribution in [3.63, 3.8) is 0 Å². The molecule has 8 nitrogen and oxygen atoms in total. The van der Waals surface area contributed by atoms with Gasteiger partial charge in [-0.15, -0.1) is 0 Å². The van der Waals surface area contributed by atoms with E-state index in [0.29, 0.717) is 37.2 Å². The van der Waals surface area contributed by atoms with Crippen LogP contribution in [0.1, 0.15) is 46.6 Å². The lowest BCUT2D eigenvalue weighted by Gasteiger charge is -2.33. The van der Waals surface area contributed by atoms with Crippen molar-refractivity contribution >= 4 is 11.8 Å². The molecule has 1 aliphatic heterocycles. The third kappa shape index (κ3) is 4.88. The Bertz CT molecular complexity index is 862. The second kappa shape index (κ2) is 8.86. The van der Waals surface area contributed by atoms with Crippen LogP contribution < -0.4 is 11.0 Å². The van der Waals surface area contributed by atoms with Gasteiger partial charge in [0, 0.05) is 37.4 Å². The quantitative estimate of drug-likeness (QED) is 0.784. The zero-order valence-corrected chi connectivity index (χ0v) is 16.3. The van der Waals surface area contributed by atoms with Gasteiger partial charge in [-0.05, 0) is 50.7 Å². The Morgan fingerprint density at radius 3 is 2.93 bits per heavy atom. The van der Waals surface area contributed by atoms with Gasteiger partial charge in [0.2, 0.25) is 5.91 Å². The number of likely N-dealkylation sites (tertiary alicyclic amines) is 1. The van der Waals surface area contributed by atoms with E-state index in [0.717, 1.165) is 30.6 Å². The zero-order chi connectivity index (χ0) is 20.1. The Morgan fingerprint density at radius 1 is 1.39 bits per heavy atom. The van der Waals surface area contributed by atoms with Gasteiger partial charge < -0.3 is 19.6 Å². The molecule has 2 N–H and O–H groups in total. The smallest absolute Gasteiger partial charge is 0.345 e. The molecule has 0 aliphatic carbocycles. The first-order chi connectivity index (χ1) is 13.4. The van der Waals surface area contributed by atoms with Gasteiger partial charge in [0.05, 0.1) is 11.8 Å². The fourth-order valence-electron chi connectivity index (χ4n) is 3.70.